The van der Waals surface area contributed by atoms with Crippen LogP contribution >= 0.6 is 15.9 Å². The van der Waals surface area contributed by atoms with Crippen LogP contribution in [0.5, 0.6) is 0 Å². The first-order valence-corrected chi connectivity index (χ1v) is 7.77. The van der Waals surface area contributed by atoms with Crippen LogP contribution in [0.3, 0.4) is 0 Å². The summed E-state index contributed by atoms with van der Waals surface area (Å²) >= 11 is 3.45. The normalized spacial score (nSPS) is 16.6. The molecule has 0 spiro atoms. The molecule has 1 heterocycles. The van der Waals surface area contributed by atoms with Crippen LogP contribution < -0.4 is 0 Å². The molecule has 1 fully saturated rings. The van der Waals surface area contributed by atoms with Crippen LogP contribution in [0.15, 0.2) is 64.6 Å². The van der Waals surface area contributed by atoms with Crippen molar-refractivity contribution in [3.05, 3.63) is 75.8 Å². The Balaban J connectivity index is 1.83. The second-order valence-corrected chi connectivity index (χ2v) is 6.02. The van der Waals surface area contributed by atoms with Crippen LogP contribution in [-0.4, -0.2) is 23.1 Å². The van der Waals surface area contributed by atoms with E-state index in [2.05, 4.69) is 15.9 Å². The standard InChI is InChI=1S/C18H14BrNO2/c19-16-9-5-4-8-14(16)10-15-12-20(18(22)17(15)21)11-13-6-2-1-3-7-13/h1-10H,11-12H2/b15-10+. The largest absolute Gasteiger partial charge is 0.327 e. The van der Waals surface area contributed by atoms with E-state index in [1.54, 1.807) is 11.0 Å². The number of halogens is 1. The van der Waals surface area contributed by atoms with Crippen molar-refractivity contribution in [2.75, 3.05) is 6.54 Å². The lowest BCUT2D eigenvalue weighted by Gasteiger charge is -2.13. The minimum atomic E-state index is -0.429. The number of hydrogen-bond acceptors (Lipinski definition) is 2. The van der Waals surface area contributed by atoms with Crippen LogP contribution in [0.25, 0.3) is 6.08 Å². The maximum atomic E-state index is 12.1. The molecular weight excluding hydrogens is 342 g/mol. The van der Waals surface area contributed by atoms with E-state index in [0.717, 1.165) is 15.6 Å². The van der Waals surface area contributed by atoms with Crippen LogP contribution in [0.2, 0.25) is 0 Å². The summed E-state index contributed by atoms with van der Waals surface area (Å²) in [6.45, 7) is 0.812. The van der Waals surface area contributed by atoms with Gasteiger partial charge >= 0.3 is 0 Å². The topological polar surface area (TPSA) is 37.4 Å². The molecule has 110 valence electrons. The lowest BCUT2D eigenvalue weighted by atomic mass is 10.1. The van der Waals surface area contributed by atoms with Gasteiger partial charge in [-0.05, 0) is 23.3 Å². The van der Waals surface area contributed by atoms with Crippen molar-refractivity contribution >= 4 is 33.7 Å². The quantitative estimate of drug-likeness (QED) is 0.624. The minimum absolute atomic E-state index is 0.355. The Hall–Kier alpha value is -2.20. The molecule has 1 saturated heterocycles. The maximum absolute atomic E-state index is 12.1. The molecule has 2 aromatic rings. The summed E-state index contributed by atoms with van der Waals surface area (Å²) in [7, 11) is 0. The minimum Gasteiger partial charge on any atom is -0.327 e. The summed E-state index contributed by atoms with van der Waals surface area (Å²) in [6, 6.07) is 17.3. The van der Waals surface area contributed by atoms with Gasteiger partial charge in [0.05, 0.1) is 6.54 Å². The molecule has 0 aliphatic carbocycles. The highest BCUT2D eigenvalue weighted by Crippen LogP contribution is 2.23. The first-order chi connectivity index (χ1) is 10.6. The van der Waals surface area contributed by atoms with Crippen LogP contribution in [0.4, 0.5) is 0 Å². The average molecular weight is 356 g/mol. The molecule has 1 aliphatic heterocycles. The van der Waals surface area contributed by atoms with E-state index in [4.69, 9.17) is 0 Å². The number of ketones is 1. The third kappa shape index (κ3) is 3.02. The lowest BCUT2D eigenvalue weighted by molar-refractivity contribution is -0.139. The molecule has 0 radical (unpaired) electrons. The number of likely N-dealkylation sites (tertiary alicyclic amines) is 1. The summed E-state index contributed by atoms with van der Waals surface area (Å²) in [5.74, 6) is -0.839. The van der Waals surface area contributed by atoms with Gasteiger partial charge in [0, 0.05) is 16.6 Å². The Bertz CT molecular complexity index is 753. The molecule has 4 heteroatoms. The fourth-order valence-corrected chi connectivity index (χ4v) is 2.85. The van der Waals surface area contributed by atoms with E-state index < -0.39 is 11.7 Å². The first-order valence-electron chi connectivity index (χ1n) is 6.98. The summed E-state index contributed by atoms with van der Waals surface area (Å²) in [6.07, 6.45) is 1.79. The molecule has 0 bridgehead atoms. The second kappa shape index (κ2) is 6.28. The van der Waals surface area contributed by atoms with E-state index >= 15 is 0 Å². The SMILES string of the molecule is O=C1C(=O)N(Cc2ccccc2)C/C1=C\c1ccccc1Br. The number of hydrogen-bond donors (Lipinski definition) is 0. The predicted molar refractivity (Wildman–Crippen MR) is 89.0 cm³/mol. The van der Waals surface area contributed by atoms with Gasteiger partial charge in [0.2, 0.25) is 5.78 Å². The fourth-order valence-electron chi connectivity index (χ4n) is 2.45. The molecule has 2 aromatic carbocycles. The Labute approximate surface area is 137 Å². The van der Waals surface area contributed by atoms with Gasteiger partial charge in [-0.1, -0.05) is 64.5 Å². The highest BCUT2D eigenvalue weighted by Gasteiger charge is 2.33. The summed E-state index contributed by atoms with van der Waals surface area (Å²) in [4.78, 5) is 25.8. The van der Waals surface area contributed by atoms with Gasteiger partial charge in [0.25, 0.3) is 5.91 Å². The number of carbonyl (C=O) groups excluding carboxylic acids is 2. The van der Waals surface area contributed by atoms with Gasteiger partial charge in [-0.2, -0.15) is 0 Å². The number of Topliss-reactive ketones (excluding diaryl/α,β-unsaturated/α-hetero) is 1. The highest BCUT2D eigenvalue weighted by molar-refractivity contribution is 9.10. The lowest BCUT2D eigenvalue weighted by Crippen LogP contribution is -2.26. The Morgan fingerprint density at radius 3 is 2.41 bits per heavy atom. The Morgan fingerprint density at radius 2 is 1.68 bits per heavy atom. The average Bonchev–Trinajstić information content (AvgIpc) is 2.79. The van der Waals surface area contributed by atoms with Crippen molar-refractivity contribution < 1.29 is 9.59 Å². The Morgan fingerprint density at radius 1 is 1.00 bits per heavy atom. The number of nitrogens with zero attached hydrogens (tertiary/aromatic N) is 1. The molecule has 3 nitrogen and oxygen atoms in total. The molecule has 1 aliphatic rings. The monoisotopic (exact) mass is 355 g/mol. The summed E-state index contributed by atoms with van der Waals surface area (Å²) < 4.78 is 0.907. The number of carbonyl (C=O) groups is 2. The molecule has 0 N–H and O–H groups in total. The number of rotatable bonds is 3. The van der Waals surface area contributed by atoms with Crippen molar-refractivity contribution in [3.63, 3.8) is 0 Å². The molecule has 0 saturated carbocycles. The van der Waals surface area contributed by atoms with Gasteiger partial charge in [-0.3, -0.25) is 9.59 Å². The van der Waals surface area contributed by atoms with Crippen molar-refractivity contribution in [2.24, 2.45) is 0 Å². The molecule has 22 heavy (non-hydrogen) atoms. The van der Waals surface area contributed by atoms with E-state index in [0.29, 0.717) is 18.7 Å². The van der Waals surface area contributed by atoms with Crippen molar-refractivity contribution in [3.8, 4) is 0 Å². The van der Waals surface area contributed by atoms with Crippen LogP contribution in [-0.2, 0) is 16.1 Å². The molecular formula is C18H14BrNO2. The fraction of sp³-hybridized carbons (Fsp3) is 0.111. The zero-order chi connectivity index (χ0) is 15.5. The van der Waals surface area contributed by atoms with Gasteiger partial charge in [0.15, 0.2) is 0 Å². The van der Waals surface area contributed by atoms with Gasteiger partial charge in [-0.15, -0.1) is 0 Å². The van der Waals surface area contributed by atoms with E-state index in [1.807, 2.05) is 54.6 Å². The number of benzene rings is 2. The molecule has 3 rings (SSSR count). The van der Waals surface area contributed by atoms with Crippen molar-refractivity contribution in [2.45, 2.75) is 6.54 Å². The summed E-state index contributed by atoms with van der Waals surface area (Å²) in [5, 5.41) is 0. The molecule has 1 amide bonds. The van der Waals surface area contributed by atoms with E-state index in [1.165, 1.54) is 0 Å². The maximum Gasteiger partial charge on any atom is 0.295 e. The van der Waals surface area contributed by atoms with Gasteiger partial charge in [0.1, 0.15) is 0 Å². The van der Waals surface area contributed by atoms with Crippen LogP contribution in [0, 0.1) is 0 Å². The summed E-state index contributed by atoms with van der Waals surface area (Å²) in [5.41, 5.74) is 2.46. The van der Waals surface area contributed by atoms with Crippen molar-refractivity contribution in [1.29, 1.82) is 0 Å². The highest BCUT2D eigenvalue weighted by atomic mass is 79.9. The zero-order valence-corrected chi connectivity index (χ0v) is 13.4. The van der Waals surface area contributed by atoms with Gasteiger partial charge in [-0.25, -0.2) is 0 Å². The third-order valence-corrected chi connectivity index (χ3v) is 4.31. The predicted octanol–water partition coefficient (Wildman–Crippen LogP) is 3.44. The first kappa shape index (κ1) is 14.7. The third-order valence-electron chi connectivity index (χ3n) is 3.59. The van der Waals surface area contributed by atoms with Crippen molar-refractivity contribution in [1.82, 2.24) is 4.90 Å². The smallest absolute Gasteiger partial charge is 0.295 e. The molecule has 0 aromatic heterocycles. The zero-order valence-electron chi connectivity index (χ0n) is 11.8. The van der Waals surface area contributed by atoms with E-state index in [-0.39, 0.29) is 0 Å². The number of amides is 1. The molecule has 0 unspecified atom stereocenters. The van der Waals surface area contributed by atoms with Gasteiger partial charge < -0.3 is 4.90 Å². The second-order valence-electron chi connectivity index (χ2n) is 5.17. The van der Waals surface area contributed by atoms with Crippen LogP contribution in [0.1, 0.15) is 11.1 Å². The molecule has 0 atom stereocenters. The Kier molecular flexibility index (Phi) is 4.20. The van der Waals surface area contributed by atoms with E-state index in [9.17, 15) is 9.59 Å².